The maximum atomic E-state index is 13.9. The maximum Gasteiger partial charge on any atom is 0.146 e. The molecule has 1 aromatic rings. The van der Waals surface area contributed by atoms with E-state index in [1.54, 1.807) is 6.07 Å². The number of nitrogens with zero attached hydrogens (tertiary/aromatic N) is 1. The van der Waals surface area contributed by atoms with Gasteiger partial charge in [-0.3, -0.25) is 0 Å². The van der Waals surface area contributed by atoms with Crippen LogP contribution in [0.2, 0.25) is 0 Å². The standard InChI is InChI=1S/C14H23FN2/c1-4-11(3)10-17(5-2)14-12(9-16)7-6-8-13(14)15/h6-8,11H,4-5,9-10,16H2,1-3H3. The molecule has 0 saturated carbocycles. The fourth-order valence-corrected chi connectivity index (χ4v) is 1.96. The van der Waals surface area contributed by atoms with Crippen LogP contribution in [0, 0.1) is 11.7 Å². The summed E-state index contributed by atoms with van der Waals surface area (Å²) in [4.78, 5) is 2.09. The molecule has 0 amide bonds. The fourth-order valence-electron chi connectivity index (χ4n) is 1.96. The Hall–Kier alpha value is -1.09. The Kier molecular flexibility index (Phi) is 5.42. The summed E-state index contributed by atoms with van der Waals surface area (Å²) in [5, 5.41) is 0. The molecule has 2 nitrogen and oxygen atoms in total. The lowest BCUT2D eigenvalue weighted by atomic mass is 10.1. The molecule has 0 fully saturated rings. The molecular weight excluding hydrogens is 215 g/mol. The molecule has 0 saturated heterocycles. The molecule has 0 radical (unpaired) electrons. The topological polar surface area (TPSA) is 29.3 Å². The highest BCUT2D eigenvalue weighted by atomic mass is 19.1. The lowest BCUT2D eigenvalue weighted by Crippen LogP contribution is -2.30. The summed E-state index contributed by atoms with van der Waals surface area (Å²) >= 11 is 0. The van der Waals surface area contributed by atoms with Crippen LogP contribution in [-0.4, -0.2) is 13.1 Å². The van der Waals surface area contributed by atoms with Crippen molar-refractivity contribution in [2.75, 3.05) is 18.0 Å². The second-order valence-electron chi connectivity index (χ2n) is 4.50. The first-order chi connectivity index (χ1) is 8.13. The third-order valence-corrected chi connectivity index (χ3v) is 3.22. The Labute approximate surface area is 104 Å². The van der Waals surface area contributed by atoms with Crippen LogP contribution < -0.4 is 10.6 Å². The SMILES string of the molecule is CCC(C)CN(CC)c1c(F)cccc1CN. The van der Waals surface area contributed by atoms with Gasteiger partial charge in [0.1, 0.15) is 5.82 Å². The van der Waals surface area contributed by atoms with Crippen LogP contribution in [0.15, 0.2) is 18.2 Å². The van der Waals surface area contributed by atoms with Crippen LogP contribution >= 0.6 is 0 Å². The van der Waals surface area contributed by atoms with Crippen LogP contribution in [0.25, 0.3) is 0 Å². The van der Waals surface area contributed by atoms with Gasteiger partial charge in [0.2, 0.25) is 0 Å². The molecule has 0 aliphatic carbocycles. The van der Waals surface area contributed by atoms with E-state index in [1.807, 2.05) is 6.07 Å². The van der Waals surface area contributed by atoms with Gasteiger partial charge in [0, 0.05) is 19.6 Å². The highest BCUT2D eigenvalue weighted by Crippen LogP contribution is 2.25. The van der Waals surface area contributed by atoms with Gasteiger partial charge in [-0.15, -0.1) is 0 Å². The summed E-state index contributed by atoms with van der Waals surface area (Å²) in [7, 11) is 0. The fraction of sp³-hybridized carbons (Fsp3) is 0.571. The van der Waals surface area contributed by atoms with Crippen molar-refractivity contribution < 1.29 is 4.39 Å². The third-order valence-electron chi connectivity index (χ3n) is 3.22. The maximum absolute atomic E-state index is 13.9. The van der Waals surface area contributed by atoms with Gasteiger partial charge in [0.25, 0.3) is 0 Å². The molecule has 0 spiro atoms. The van der Waals surface area contributed by atoms with E-state index in [0.29, 0.717) is 18.2 Å². The zero-order chi connectivity index (χ0) is 12.8. The quantitative estimate of drug-likeness (QED) is 0.825. The Balaban J connectivity index is 3.02. The molecule has 1 aromatic carbocycles. The summed E-state index contributed by atoms with van der Waals surface area (Å²) in [5.41, 5.74) is 7.24. The average Bonchev–Trinajstić information content (AvgIpc) is 2.35. The second-order valence-corrected chi connectivity index (χ2v) is 4.50. The molecular formula is C14H23FN2. The minimum atomic E-state index is -0.168. The first-order valence-corrected chi connectivity index (χ1v) is 6.36. The molecule has 2 N–H and O–H groups in total. The van der Waals surface area contributed by atoms with Crippen molar-refractivity contribution in [1.82, 2.24) is 0 Å². The van der Waals surface area contributed by atoms with Gasteiger partial charge in [0.05, 0.1) is 5.69 Å². The van der Waals surface area contributed by atoms with Crippen LogP contribution in [0.3, 0.4) is 0 Å². The van der Waals surface area contributed by atoms with E-state index in [9.17, 15) is 4.39 Å². The van der Waals surface area contributed by atoms with Crippen LogP contribution in [0.4, 0.5) is 10.1 Å². The summed E-state index contributed by atoms with van der Waals surface area (Å²) < 4.78 is 13.9. The zero-order valence-electron chi connectivity index (χ0n) is 11.0. The molecule has 0 aromatic heterocycles. The van der Waals surface area contributed by atoms with Crippen molar-refractivity contribution in [3.8, 4) is 0 Å². The lowest BCUT2D eigenvalue weighted by Gasteiger charge is -2.28. The normalized spacial score (nSPS) is 12.5. The highest BCUT2D eigenvalue weighted by molar-refractivity contribution is 5.54. The number of hydrogen-bond acceptors (Lipinski definition) is 2. The predicted molar refractivity (Wildman–Crippen MR) is 71.6 cm³/mol. The molecule has 0 heterocycles. The molecule has 0 bridgehead atoms. The van der Waals surface area contributed by atoms with E-state index >= 15 is 0 Å². The van der Waals surface area contributed by atoms with E-state index in [1.165, 1.54) is 6.07 Å². The van der Waals surface area contributed by atoms with E-state index < -0.39 is 0 Å². The zero-order valence-corrected chi connectivity index (χ0v) is 11.0. The molecule has 96 valence electrons. The van der Waals surface area contributed by atoms with Crippen LogP contribution in [0.5, 0.6) is 0 Å². The van der Waals surface area contributed by atoms with Gasteiger partial charge in [0.15, 0.2) is 0 Å². The van der Waals surface area contributed by atoms with Crippen molar-refractivity contribution in [1.29, 1.82) is 0 Å². The number of halogens is 1. The first kappa shape index (κ1) is 14.0. The summed E-state index contributed by atoms with van der Waals surface area (Å²) in [5.74, 6) is 0.387. The largest absolute Gasteiger partial charge is 0.369 e. The van der Waals surface area contributed by atoms with Gasteiger partial charge in [-0.1, -0.05) is 32.4 Å². The van der Waals surface area contributed by atoms with Crippen molar-refractivity contribution in [3.63, 3.8) is 0 Å². The number of para-hydroxylation sites is 1. The van der Waals surface area contributed by atoms with Crippen molar-refractivity contribution in [2.45, 2.75) is 33.7 Å². The summed E-state index contributed by atoms with van der Waals surface area (Å²) in [6.45, 7) is 8.45. The molecule has 0 aliphatic rings. The summed E-state index contributed by atoms with van der Waals surface area (Å²) in [6.07, 6.45) is 1.10. The smallest absolute Gasteiger partial charge is 0.146 e. The number of nitrogens with two attached hydrogens (primary N) is 1. The molecule has 1 atom stereocenters. The molecule has 0 aliphatic heterocycles. The third kappa shape index (κ3) is 3.43. The molecule has 1 rings (SSSR count). The monoisotopic (exact) mass is 238 g/mol. The Morgan fingerprint density at radius 1 is 1.35 bits per heavy atom. The van der Waals surface area contributed by atoms with Crippen molar-refractivity contribution in [3.05, 3.63) is 29.6 Å². The molecule has 17 heavy (non-hydrogen) atoms. The van der Waals surface area contributed by atoms with Gasteiger partial charge < -0.3 is 10.6 Å². The van der Waals surface area contributed by atoms with E-state index in [0.717, 1.165) is 25.1 Å². The molecule has 3 heteroatoms. The van der Waals surface area contributed by atoms with E-state index in [-0.39, 0.29) is 5.82 Å². The highest BCUT2D eigenvalue weighted by Gasteiger charge is 2.15. The Bertz CT molecular complexity index is 352. The van der Waals surface area contributed by atoms with E-state index in [2.05, 4.69) is 25.7 Å². The molecule has 1 unspecified atom stereocenters. The number of rotatable bonds is 6. The van der Waals surface area contributed by atoms with Crippen LogP contribution in [-0.2, 0) is 6.54 Å². The minimum Gasteiger partial charge on any atom is -0.369 e. The minimum absolute atomic E-state index is 0.168. The lowest BCUT2D eigenvalue weighted by molar-refractivity contribution is 0.536. The Morgan fingerprint density at radius 3 is 2.59 bits per heavy atom. The number of anilines is 1. The van der Waals surface area contributed by atoms with Crippen LogP contribution in [0.1, 0.15) is 32.8 Å². The number of hydrogen-bond donors (Lipinski definition) is 1. The first-order valence-electron chi connectivity index (χ1n) is 6.36. The average molecular weight is 238 g/mol. The van der Waals surface area contributed by atoms with Gasteiger partial charge in [-0.25, -0.2) is 4.39 Å². The second kappa shape index (κ2) is 6.60. The summed E-state index contributed by atoms with van der Waals surface area (Å²) in [6, 6.07) is 5.13. The van der Waals surface area contributed by atoms with Gasteiger partial charge in [-0.05, 0) is 24.5 Å². The Morgan fingerprint density at radius 2 is 2.06 bits per heavy atom. The predicted octanol–water partition coefficient (Wildman–Crippen LogP) is 3.16. The van der Waals surface area contributed by atoms with Crippen molar-refractivity contribution in [2.24, 2.45) is 11.7 Å². The van der Waals surface area contributed by atoms with E-state index in [4.69, 9.17) is 5.73 Å². The van der Waals surface area contributed by atoms with Gasteiger partial charge in [-0.2, -0.15) is 0 Å². The number of benzene rings is 1. The van der Waals surface area contributed by atoms with Gasteiger partial charge >= 0.3 is 0 Å². The van der Waals surface area contributed by atoms with Crippen molar-refractivity contribution >= 4 is 5.69 Å².